The van der Waals surface area contributed by atoms with Crippen LogP contribution in [0.4, 0.5) is 14.5 Å². The zero-order chi connectivity index (χ0) is 17.6. The van der Waals surface area contributed by atoms with Gasteiger partial charge in [0.05, 0.1) is 12.6 Å². The van der Waals surface area contributed by atoms with Crippen LogP contribution in [0.1, 0.15) is 17.7 Å². The van der Waals surface area contributed by atoms with Crippen LogP contribution in [0.2, 0.25) is 0 Å². The summed E-state index contributed by atoms with van der Waals surface area (Å²) in [6.07, 6.45) is 2.17. The molecule has 1 aromatic heterocycles. The average Bonchev–Trinajstić information content (AvgIpc) is 3.25. The first-order chi connectivity index (χ1) is 12.1. The Labute approximate surface area is 149 Å². The number of hydrogen-bond acceptors (Lipinski definition) is 4. The van der Waals surface area contributed by atoms with E-state index in [1.165, 1.54) is 10.9 Å². The Morgan fingerprint density at radius 2 is 2.20 bits per heavy atom. The number of thiophene rings is 1. The minimum absolute atomic E-state index is 0.135. The van der Waals surface area contributed by atoms with Gasteiger partial charge in [-0.1, -0.05) is 6.07 Å². The van der Waals surface area contributed by atoms with Gasteiger partial charge in [-0.2, -0.15) is 0 Å². The van der Waals surface area contributed by atoms with E-state index in [0.717, 1.165) is 31.6 Å². The van der Waals surface area contributed by atoms with Crippen molar-refractivity contribution in [2.45, 2.75) is 25.5 Å². The van der Waals surface area contributed by atoms with Crippen molar-refractivity contribution in [3.05, 3.63) is 52.2 Å². The first-order valence-electron chi connectivity index (χ1n) is 8.21. The Hall–Kier alpha value is -1.83. The molecule has 0 bridgehead atoms. The van der Waals surface area contributed by atoms with Crippen molar-refractivity contribution >= 4 is 22.9 Å². The molecule has 134 valence electrons. The molecule has 7 heteroatoms. The normalized spacial score (nSPS) is 17.2. The van der Waals surface area contributed by atoms with Gasteiger partial charge in [-0.3, -0.25) is 9.69 Å². The van der Waals surface area contributed by atoms with E-state index in [2.05, 4.69) is 5.32 Å². The Kier molecular flexibility index (Phi) is 6.12. The number of nitrogens with one attached hydrogen (secondary N) is 1. The van der Waals surface area contributed by atoms with Gasteiger partial charge in [0, 0.05) is 36.3 Å². The quantitative estimate of drug-likeness (QED) is 0.813. The van der Waals surface area contributed by atoms with Gasteiger partial charge in [-0.05, 0) is 36.4 Å². The maximum absolute atomic E-state index is 13.3. The second-order valence-corrected chi connectivity index (χ2v) is 7.09. The van der Waals surface area contributed by atoms with E-state index in [0.29, 0.717) is 13.1 Å². The third kappa shape index (κ3) is 5.32. The molecule has 0 spiro atoms. The van der Waals surface area contributed by atoms with Gasteiger partial charge in [-0.25, -0.2) is 8.78 Å². The lowest BCUT2D eigenvalue weighted by Crippen LogP contribution is -2.37. The molecule has 1 saturated heterocycles. The van der Waals surface area contributed by atoms with Gasteiger partial charge < -0.3 is 10.1 Å². The van der Waals surface area contributed by atoms with Crippen molar-refractivity contribution in [2.24, 2.45) is 0 Å². The summed E-state index contributed by atoms with van der Waals surface area (Å²) in [4.78, 5) is 15.5. The summed E-state index contributed by atoms with van der Waals surface area (Å²) in [5.41, 5.74) is 0.247. The molecule has 25 heavy (non-hydrogen) atoms. The number of amides is 1. The van der Waals surface area contributed by atoms with Crippen LogP contribution >= 0.6 is 11.3 Å². The first-order valence-corrected chi connectivity index (χ1v) is 9.09. The molecule has 0 saturated carbocycles. The number of carbonyl (C=O) groups is 1. The van der Waals surface area contributed by atoms with Crippen molar-refractivity contribution in [3.8, 4) is 0 Å². The Balaban J connectivity index is 1.61. The molecule has 1 aliphatic rings. The second kappa shape index (κ2) is 8.51. The smallest absolute Gasteiger partial charge is 0.238 e. The number of nitrogens with zero attached hydrogens (tertiary/aromatic N) is 1. The van der Waals surface area contributed by atoms with Crippen LogP contribution in [0.15, 0.2) is 35.7 Å². The lowest BCUT2D eigenvalue weighted by atomic mass is 10.2. The molecule has 4 nitrogen and oxygen atoms in total. The molecule has 3 rings (SSSR count). The molecule has 1 N–H and O–H groups in total. The number of rotatable bonds is 7. The zero-order valence-corrected chi connectivity index (χ0v) is 14.5. The highest BCUT2D eigenvalue weighted by Gasteiger charge is 2.21. The average molecular weight is 366 g/mol. The molecule has 1 atom stereocenters. The van der Waals surface area contributed by atoms with E-state index in [-0.39, 0.29) is 24.2 Å². The van der Waals surface area contributed by atoms with Crippen molar-refractivity contribution in [3.63, 3.8) is 0 Å². The van der Waals surface area contributed by atoms with Gasteiger partial charge in [0.15, 0.2) is 11.6 Å². The highest BCUT2D eigenvalue weighted by Crippen LogP contribution is 2.18. The van der Waals surface area contributed by atoms with Crippen LogP contribution in [0.5, 0.6) is 0 Å². The Bertz CT molecular complexity index is 703. The van der Waals surface area contributed by atoms with E-state index >= 15 is 0 Å². The fraction of sp³-hybridized carbons (Fsp3) is 0.389. The van der Waals surface area contributed by atoms with E-state index < -0.39 is 11.6 Å². The van der Waals surface area contributed by atoms with E-state index in [1.807, 2.05) is 22.4 Å². The van der Waals surface area contributed by atoms with Gasteiger partial charge >= 0.3 is 0 Å². The predicted octanol–water partition coefficient (Wildman–Crippen LogP) is 3.65. The summed E-state index contributed by atoms with van der Waals surface area (Å²) >= 11 is 1.64. The zero-order valence-electron chi connectivity index (χ0n) is 13.7. The molecule has 2 aromatic rings. The minimum Gasteiger partial charge on any atom is -0.377 e. The molecule has 1 aliphatic heterocycles. The van der Waals surface area contributed by atoms with Crippen LogP contribution in [-0.2, 0) is 16.1 Å². The van der Waals surface area contributed by atoms with E-state index in [1.54, 1.807) is 11.3 Å². The lowest BCUT2D eigenvalue weighted by molar-refractivity contribution is -0.117. The first kappa shape index (κ1) is 18.0. The van der Waals surface area contributed by atoms with Gasteiger partial charge in [-0.15, -0.1) is 11.3 Å². The number of hydrogen-bond donors (Lipinski definition) is 1. The van der Waals surface area contributed by atoms with Crippen LogP contribution in [0.3, 0.4) is 0 Å². The SMILES string of the molecule is O=C(CN(Cc1cccs1)CC1CCCO1)Nc1ccc(F)c(F)c1. The Morgan fingerprint density at radius 3 is 2.88 bits per heavy atom. The number of anilines is 1. The molecule has 1 fully saturated rings. The van der Waals surface area contributed by atoms with Crippen LogP contribution in [0.25, 0.3) is 0 Å². The summed E-state index contributed by atoms with van der Waals surface area (Å²) in [7, 11) is 0. The number of halogens is 2. The molecule has 0 aliphatic carbocycles. The third-order valence-corrected chi connectivity index (χ3v) is 4.88. The lowest BCUT2D eigenvalue weighted by Gasteiger charge is -2.24. The molecule has 2 heterocycles. The second-order valence-electron chi connectivity index (χ2n) is 6.06. The number of carbonyl (C=O) groups excluding carboxylic acids is 1. The highest BCUT2D eigenvalue weighted by molar-refractivity contribution is 7.09. The van der Waals surface area contributed by atoms with Crippen molar-refractivity contribution in [2.75, 3.05) is 25.0 Å². The summed E-state index contributed by atoms with van der Waals surface area (Å²) in [5, 5.41) is 4.62. The van der Waals surface area contributed by atoms with Crippen LogP contribution in [-0.4, -0.2) is 36.6 Å². The van der Waals surface area contributed by atoms with Gasteiger partial charge in [0.25, 0.3) is 0 Å². The summed E-state index contributed by atoms with van der Waals surface area (Å²) < 4.78 is 31.9. The molecule has 1 unspecified atom stereocenters. The molecule has 1 amide bonds. The summed E-state index contributed by atoms with van der Waals surface area (Å²) in [6.45, 7) is 2.25. The molecule has 1 aromatic carbocycles. The van der Waals surface area contributed by atoms with E-state index in [9.17, 15) is 13.6 Å². The Morgan fingerprint density at radius 1 is 1.32 bits per heavy atom. The topological polar surface area (TPSA) is 41.6 Å². The van der Waals surface area contributed by atoms with Crippen molar-refractivity contribution in [1.29, 1.82) is 0 Å². The summed E-state index contributed by atoms with van der Waals surface area (Å²) in [5.74, 6) is -2.18. The van der Waals surface area contributed by atoms with Crippen molar-refractivity contribution < 1.29 is 18.3 Å². The van der Waals surface area contributed by atoms with Crippen LogP contribution < -0.4 is 5.32 Å². The van der Waals surface area contributed by atoms with Crippen LogP contribution in [0, 0.1) is 11.6 Å². The largest absolute Gasteiger partial charge is 0.377 e. The fourth-order valence-corrected chi connectivity index (χ4v) is 3.61. The molecule has 0 radical (unpaired) electrons. The van der Waals surface area contributed by atoms with E-state index in [4.69, 9.17) is 4.74 Å². The summed E-state index contributed by atoms with van der Waals surface area (Å²) in [6, 6.07) is 7.34. The number of ether oxygens (including phenoxy) is 1. The third-order valence-electron chi connectivity index (χ3n) is 4.02. The maximum atomic E-state index is 13.3. The molecular weight excluding hydrogens is 346 g/mol. The number of benzene rings is 1. The van der Waals surface area contributed by atoms with Crippen molar-refractivity contribution in [1.82, 2.24) is 4.90 Å². The highest BCUT2D eigenvalue weighted by atomic mass is 32.1. The molecular formula is C18H20F2N2O2S. The van der Waals surface area contributed by atoms with Gasteiger partial charge in [0.1, 0.15) is 0 Å². The predicted molar refractivity (Wildman–Crippen MR) is 93.6 cm³/mol. The van der Waals surface area contributed by atoms with Gasteiger partial charge in [0.2, 0.25) is 5.91 Å². The standard InChI is InChI=1S/C18H20F2N2O2S/c19-16-6-5-13(9-17(16)20)21-18(23)12-22(10-14-3-1-7-24-14)11-15-4-2-8-25-15/h2,4-6,8-9,14H,1,3,7,10-12H2,(H,21,23). The maximum Gasteiger partial charge on any atom is 0.238 e. The minimum atomic E-state index is -0.979. The monoisotopic (exact) mass is 366 g/mol. The fourth-order valence-electron chi connectivity index (χ4n) is 2.86.